The molecule has 1 aromatic carbocycles. The quantitative estimate of drug-likeness (QED) is 0.687. The van der Waals surface area contributed by atoms with E-state index < -0.39 is 0 Å². The van der Waals surface area contributed by atoms with Gasteiger partial charge >= 0.3 is 0 Å². The van der Waals surface area contributed by atoms with Gasteiger partial charge in [0.05, 0.1) is 0 Å². The van der Waals surface area contributed by atoms with E-state index in [0.29, 0.717) is 37.4 Å². The molecule has 0 aliphatic carbocycles. The fraction of sp³-hybridized carbons (Fsp3) is 0.500. The maximum absolute atomic E-state index is 11.9. The Balaban J connectivity index is 2.38. The molecule has 0 bridgehead atoms. The molecule has 0 saturated carbocycles. The lowest BCUT2D eigenvalue weighted by Crippen LogP contribution is -2.25. The lowest BCUT2D eigenvalue weighted by Gasteiger charge is -2.07. The number of ether oxygens (including phenoxy) is 1. The Labute approximate surface area is 126 Å². The fourth-order valence-corrected chi connectivity index (χ4v) is 1.78. The number of rotatable bonds is 9. The molecule has 2 amide bonds. The van der Waals surface area contributed by atoms with E-state index in [0.717, 1.165) is 12.8 Å². The van der Waals surface area contributed by atoms with E-state index in [-0.39, 0.29) is 11.8 Å². The highest BCUT2D eigenvalue weighted by Crippen LogP contribution is 2.10. The third-order valence-corrected chi connectivity index (χ3v) is 2.86. The van der Waals surface area contributed by atoms with E-state index in [4.69, 9.17) is 4.74 Å². The minimum atomic E-state index is -0.113. The van der Waals surface area contributed by atoms with Gasteiger partial charge in [0.15, 0.2) is 0 Å². The highest BCUT2D eigenvalue weighted by molar-refractivity contribution is 5.95. The van der Waals surface area contributed by atoms with Gasteiger partial charge in [-0.05, 0) is 44.0 Å². The molecule has 0 aliphatic rings. The van der Waals surface area contributed by atoms with Crippen LogP contribution in [0.1, 0.15) is 43.5 Å². The smallest absolute Gasteiger partial charge is 0.251 e. The highest BCUT2D eigenvalue weighted by Gasteiger charge is 2.05. The molecule has 0 spiro atoms. The van der Waals surface area contributed by atoms with Crippen molar-refractivity contribution in [3.8, 4) is 0 Å². The van der Waals surface area contributed by atoms with Crippen LogP contribution in [0.4, 0.5) is 5.69 Å². The highest BCUT2D eigenvalue weighted by atomic mass is 16.5. The zero-order valence-electron chi connectivity index (χ0n) is 12.8. The molecule has 116 valence electrons. The molecule has 0 unspecified atom stereocenters. The molecule has 21 heavy (non-hydrogen) atoms. The standard InChI is InChI=1S/C16H24N2O3/c1-3-6-15(19)18-14-9-7-13(8-10-14)16(20)17-11-5-12-21-4-2/h7-10H,3-6,11-12H2,1-2H3,(H,17,20)(H,18,19). The zero-order chi connectivity index (χ0) is 15.5. The van der Waals surface area contributed by atoms with Crippen molar-refractivity contribution >= 4 is 17.5 Å². The average Bonchev–Trinajstić information content (AvgIpc) is 2.48. The fourth-order valence-electron chi connectivity index (χ4n) is 1.78. The Morgan fingerprint density at radius 1 is 1.14 bits per heavy atom. The van der Waals surface area contributed by atoms with E-state index >= 15 is 0 Å². The zero-order valence-corrected chi connectivity index (χ0v) is 12.8. The molecule has 5 nitrogen and oxygen atoms in total. The maximum Gasteiger partial charge on any atom is 0.251 e. The van der Waals surface area contributed by atoms with Crippen LogP contribution in [0.2, 0.25) is 0 Å². The van der Waals surface area contributed by atoms with Gasteiger partial charge in [0.2, 0.25) is 5.91 Å². The Morgan fingerprint density at radius 3 is 2.48 bits per heavy atom. The molecule has 0 atom stereocenters. The molecule has 0 radical (unpaired) electrons. The number of carbonyl (C=O) groups is 2. The summed E-state index contributed by atoms with van der Waals surface area (Å²) in [5, 5.41) is 5.62. The summed E-state index contributed by atoms with van der Waals surface area (Å²) >= 11 is 0. The summed E-state index contributed by atoms with van der Waals surface area (Å²) in [6.45, 7) is 5.84. The van der Waals surface area contributed by atoms with E-state index in [2.05, 4.69) is 10.6 Å². The predicted octanol–water partition coefficient (Wildman–Crippen LogP) is 2.58. The second kappa shape index (κ2) is 9.94. The van der Waals surface area contributed by atoms with Gasteiger partial charge in [0, 0.05) is 37.4 Å². The van der Waals surface area contributed by atoms with Crippen LogP contribution in [0.3, 0.4) is 0 Å². The molecule has 5 heteroatoms. The summed E-state index contributed by atoms with van der Waals surface area (Å²) in [5.41, 5.74) is 1.29. The molecular weight excluding hydrogens is 268 g/mol. The predicted molar refractivity (Wildman–Crippen MR) is 83.4 cm³/mol. The number of nitrogens with one attached hydrogen (secondary N) is 2. The number of amides is 2. The lowest BCUT2D eigenvalue weighted by molar-refractivity contribution is -0.116. The molecule has 0 fully saturated rings. The third-order valence-electron chi connectivity index (χ3n) is 2.86. The van der Waals surface area contributed by atoms with Gasteiger partial charge in [-0.1, -0.05) is 6.92 Å². The van der Waals surface area contributed by atoms with Gasteiger partial charge in [-0.15, -0.1) is 0 Å². The van der Waals surface area contributed by atoms with E-state index in [9.17, 15) is 9.59 Å². The van der Waals surface area contributed by atoms with Gasteiger partial charge < -0.3 is 15.4 Å². The van der Waals surface area contributed by atoms with Crippen molar-refractivity contribution in [2.24, 2.45) is 0 Å². The van der Waals surface area contributed by atoms with Crippen LogP contribution < -0.4 is 10.6 Å². The Kier molecular flexibility index (Phi) is 8.12. The molecule has 0 saturated heterocycles. The van der Waals surface area contributed by atoms with E-state index in [1.54, 1.807) is 24.3 Å². The molecule has 0 aromatic heterocycles. The minimum absolute atomic E-state index is 0.00868. The van der Waals surface area contributed by atoms with Crippen LogP contribution in [0, 0.1) is 0 Å². The topological polar surface area (TPSA) is 67.4 Å². The molecule has 0 aliphatic heterocycles. The lowest BCUT2D eigenvalue weighted by atomic mass is 10.2. The first-order valence-corrected chi connectivity index (χ1v) is 7.43. The van der Waals surface area contributed by atoms with Crippen molar-refractivity contribution in [1.29, 1.82) is 0 Å². The summed E-state index contributed by atoms with van der Waals surface area (Å²) in [6.07, 6.45) is 2.11. The van der Waals surface area contributed by atoms with Crippen LogP contribution in [0.25, 0.3) is 0 Å². The van der Waals surface area contributed by atoms with E-state index in [1.807, 2.05) is 13.8 Å². The van der Waals surface area contributed by atoms with Crippen LogP contribution in [0.15, 0.2) is 24.3 Å². The maximum atomic E-state index is 11.9. The normalized spacial score (nSPS) is 10.2. The van der Waals surface area contributed by atoms with Crippen molar-refractivity contribution in [1.82, 2.24) is 5.32 Å². The number of benzene rings is 1. The van der Waals surface area contributed by atoms with Gasteiger partial charge in [-0.3, -0.25) is 9.59 Å². The second-order valence-corrected chi connectivity index (χ2v) is 4.68. The van der Waals surface area contributed by atoms with Crippen LogP contribution in [-0.4, -0.2) is 31.6 Å². The Hall–Kier alpha value is -1.88. The first-order valence-electron chi connectivity index (χ1n) is 7.43. The SMILES string of the molecule is CCCC(=O)Nc1ccc(C(=O)NCCCOCC)cc1. The third kappa shape index (κ3) is 6.90. The van der Waals surface area contributed by atoms with Crippen molar-refractivity contribution in [3.63, 3.8) is 0 Å². The number of anilines is 1. The largest absolute Gasteiger partial charge is 0.382 e. The van der Waals surface area contributed by atoms with Gasteiger partial charge in [-0.2, -0.15) is 0 Å². The molecular formula is C16H24N2O3. The van der Waals surface area contributed by atoms with Crippen molar-refractivity contribution in [2.75, 3.05) is 25.1 Å². The van der Waals surface area contributed by atoms with Crippen molar-refractivity contribution < 1.29 is 14.3 Å². The monoisotopic (exact) mass is 292 g/mol. The first-order chi connectivity index (χ1) is 10.2. The van der Waals surface area contributed by atoms with Crippen LogP contribution >= 0.6 is 0 Å². The second-order valence-electron chi connectivity index (χ2n) is 4.68. The summed E-state index contributed by atoms with van der Waals surface area (Å²) in [6, 6.07) is 6.89. The van der Waals surface area contributed by atoms with Gasteiger partial charge in [0.1, 0.15) is 0 Å². The Bertz CT molecular complexity index is 443. The van der Waals surface area contributed by atoms with Crippen LogP contribution in [-0.2, 0) is 9.53 Å². The minimum Gasteiger partial charge on any atom is -0.382 e. The van der Waals surface area contributed by atoms with Crippen molar-refractivity contribution in [3.05, 3.63) is 29.8 Å². The summed E-state index contributed by atoms with van der Waals surface area (Å²) < 4.78 is 5.20. The first kappa shape index (κ1) is 17.2. The summed E-state index contributed by atoms with van der Waals surface area (Å²) in [4.78, 5) is 23.3. The number of hydrogen-bond donors (Lipinski definition) is 2. The number of hydrogen-bond acceptors (Lipinski definition) is 3. The number of carbonyl (C=O) groups excluding carboxylic acids is 2. The Morgan fingerprint density at radius 2 is 1.86 bits per heavy atom. The van der Waals surface area contributed by atoms with Crippen molar-refractivity contribution in [2.45, 2.75) is 33.1 Å². The molecule has 0 heterocycles. The molecule has 1 aromatic rings. The summed E-state index contributed by atoms with van der Waals surface area (Å²) in [5.74, 6) is -0.122. The van der Waals surface area contributed by atoms with Gasteiger partial charge in [-0.25, -0.2) is 0 Å². The van der Waals surface area contributed by atoms with Gasteiger partial charge in [0.25, 0.3) is 5.91 Å². The molecule has 1 rings (SSSR count). The molecule has 2 N–H and O–H groups in total. The van der Waals surface area contributed by atoms with Crippen LogP contribution in [0.5, 0.6) is 0 Å². The average molecular weight is 292 g/mol. The van der Waals surface area contributed by atoms with E-state index in [1.165, 1.54) is 0 Å². The summed E-state index contributed by atoms with van der Waals surface area (Å²) in [7, 11) is 0.